The number of pyridine rings is 1. The molecule has 82 valence electrons. The highest BCUT2D eigenvalue weighted by Gasteiger charge is 2.45. The van der Waals surface area contributed by atoms with Crippen LogP contribution in [0.3, 0.4) is 0 Å². The first kappa shape index (κ1) is 11.0. The molecule has 0 amide bonds. The third kappa shape index (κ3) is 1.58. The third-order valence-corrected chi connectivity index (χ3v) is 3.00. The summed E-state index contributed by atoms with van der Waals surface area (Å²) in [4.78, 5) is 3.88. The maximum Gasteiger partial charge on any atom is 0.0981 e. The Labute approximate surface area is 98.4 Å². The van der Waals surface area contributed by atoms with E-state index >= 15 is 0 Å². The quantitative estimate of drug-likeness (QED) is 0.752. The van der Waals surface area contributed by atoms with Crippen LogP contribution in [0.1, 0.15) is 11.5 Å². The van der Waals surface area contributed by atoms with Crippen molar-refractivity contribution < 1.29 is 0 Å². The minimum absolute atomic E-state index is 0.0409. The van der Waals surface area contributed by atoms with Gasteiger partial charge in [-0.15, -0.1) is 0 Å². The minimum Gasteiger partial charge on any atom is -0.302 e. The fourth-order valence-corrected chi connectivity index (χ4v) is 2.15. The van der Waals surface area contributed by atoms with E-state index in [2.05, 4.69) is 4.98 Å². The van der Waals surface area contributed by atoms with Gasteiger partial charge in [-0.1, -0.05) is 0 Å². The van der Waals surface area contributed by atoms with Gasteiger partial charge in [0.1, 0.15) is 0 Å². The second-order valence-corrected chi connectivity index (χ2v) is 3.85. The highest BCUT2D eigenvalue weighted by Crippen LogP contribution is 2.39. The van der Waals surface area contributed by atoms with E-state index < -0.39 is 17.8 Å². The first-order valence-electron chi connectivity index (χ1n) is 5.07. The lowest BCUT2D eigenvalue weighted by atomic mass is 9.84. The molecule has 0 aromatic carbocycles. The molecule has 5 heteroatoms. The van der Waals surface area contributed by atoms with E-state index in [1.54, 1.807) is 24.5 Å². The molecule has 5 nitrogen and oxygen atoms in total. The van der Waals surface area contributed by atoms with Crippen LogP contribution in [0, 0.1) is 45.3 Å². The molecule has 2 atom stereocenters. The fraction of sp³-hybridized carbons (Fsp3) is 0.250. The summed E-state index contributed by atoms with van der Waals surface area (Å²) in [6.45, 7) is 0. The molecule has 0 bridgehead atoms. The molecule has 1 aromatic heterocycles. The summed E-state index contributed by atoms with van der Waals surface area (Å²) in [5.74, 6) is -1.85. The summed E-state index contributed by atoms with van der Waals surface area (Å²) in [6.07, 6.45) is 3.17. The molecule has 1 saturated carbocycles. The summed E-state index contributed by atoms with van der Waals surface area (Å²) in [5, 5.41) is 33.6. The molecule has 2 unspecified atom stereocenters. The number of hydrogen-bond donors (Lipinski definition) is 2. The molecule has 1 heterocycles. The molecule has 0 spiro atoms. The van der Waals surface area contributed by atoms with E-state index in [9.17, 15) is 0 Å². The Kier molecular flexibility index (Phi) is 2.68. The van der Waals surface area contributed by atoms with Gasteiger partial charge in [0.15, 0.2) is 0 Å². The largest absolute Gasteiger partial charge is 0.302 e. The lowest BCUT2D eigenvalue weighted by molar-refractivity contribution is 0.607. The van der Waals surface area contributed by atoms with Gasteiger partial charge in [-0.3, -0.25) is 4.98 Å². The van der Waals surface area contributed by atoms with Crippen LogP contribution in [-0.2, 0) is 0 Å². The molecule has 0 aliphatic heterocycles. The normalized spacial score (nSPS) is 27.5. The number of rotatable bonds is 1. The number of nitrogens with zero attached hydrogens (tertiary/aromatic N) is 3. The Morgan fingerprint density at radius 3 is 1.88 bits per heavy atom. The van der Waals surface area contributed by atoms with Gasteiger partial charge >= 0.3 is 0 Å². The SMILES string of the molecule is N#CC1C(=N)C(=N)C(C#N)C1c1ccncc1. The first-order valence-corrected chi connectivity index (χ1v) is 5.07. The summed E-state index contributed by atoms with van der Waals surface area (Å²) in [5.41, 5.74) is 0.701. The van der Waals surface area contributed by atoms with Gasteiger partial charge in [0.25, 0.3) is 0 Å². The van der Waals surface area contributed by atoms with E-state index in [0.29, 0.717) is 0 Å². The van der Waals surface area contributed by atoms with Crippen LogP contribution in [0.5, 0.6) is 0 Å². The van der Waals surface area contributed by atoms with Gasteiger partial charge in [-0.05, 0) is 17.7 Å². The van der Waals surface area contributed by atoms with Gasteiger partial charge in [-0.2, -0.15) is 10.5 Å². The molecular weight excluding hydrogens is 214 g/mol. The summed E-state index contributed by atoms with van der Waals surface area (Å²) >= 11 is 0. The maximum atomic E-state index is 9.09. The highest BCUT2D eigenvalue weighted by molar-refractivity contribution is 6.45. The van der Waals surface area contributed by atoms with Crippen molar-refractivity contribution in [3.63, 3.8) is 0 Å². The standard InChI is InChI=1S/C12H9N5/c13-5-8-10(7-1-3-17-4-2-7)9(6-14)12(16)11(8)15/h1-4,8-10,15-16H. The van der Waals surface area contributed by atoms with Gasteiger partial charge < -0.3 is 10.8 Å². The van der Waals surface area contributed by atoms with Crippen LogP contribution in [0.2, 0.25) is 0 Å². The Balaban J connectivity index is 2.51. The zero-order valence-electron chi connectivity index (χ0n) is 8.88. The highest BCUT2D eigenvalue weighted by atomic mass is 14.7. The molecular formula is C12H9N5. The van der Waals surface area contributed by atoms with Gasteiger partial charge in [0.2, 0.25) is 0 Å². The summed E-state index contributed by atoms with van der Waals surface area (Å²) < 4.78 is 0. The average Bonchev–Trinajstić information content (AvgIpc) is 2.62. The Bertz CT molecular complexity index is 516. The van der Waals surface area contributed by atoms with Crippen LogP contribution in [0.25, 0.3) is 0 Å². The monoisotopic (exact) mass is 223 g/mol. The number of nitriles is 2. The van der Waals surface area contributed by atoms with Crippen molar-refractivity contribution in [3.05, 3.63) is 30.1 Å². The van der Waals surface area contributed by atoms with Crippen molar-refractivity contribution in [2.45, 2.75) is 5.92 Å². The predicted molar refractivity (Wildman–Crippen MR) is 60.6 cm³/mol. The van der Waals surface area contributed by atoms with Crippen molar-refractivity contribution in [3.8, 4) is 12.1 Å². The van der Waals surface area contributed by atoms with E-state index in [-0.39, 0.29) is 11.4 Å². The van der Waals surface area contributed by atoms with E-state index in [1.165, 1.54) is 0 Å². The second kappa shape index (κ2) is 4.15. The molecule has 17 heavy (non-hydrogen) atoms. The number of hydrogen-bond acceptors (Lipinski definition) is 5. The van der Waals surface area contributed by atoms with E-state index in [1.807, 2.05) is 12.1 Å². The average molecular weight is 223 g/mol. The lowest BCUT2D eigenvalue weighted by Crippen LogP contribution is -2.13. The zero-order chi connectivity index (χ0) is 12.4. The smallest absolute Gasteiger partial charge is 0.0981 e. The molecule has 1 aliphatic rings. The van der Waals surface area contributed by atoms with E-state index in [4.69, 9.17) is 21.3 Å². The van der Waals surface area contributed by atoms with Crippen LogP contribution in [-0.4, -0.2) is 16.4 Å². The van der Waals surface area contributed by atoms with Crippen molar-refractivity contribution in [1.29, 1.82) is 21.3 Å². The molecule has 2 N–H and O–H groups in total. The second-order valence-electron chi connectivity index (χ2n) is 3.85. The van der Waals surface area contributed by atoms with Crippen molar-refractivity contribution in [1.82, 2.24) is 4.98 Å². The molecule has 0 saturated heterocycles. The lowest BCUT2D eigenvalue weighted by Gasteiger charge is -2.15. The van der Waals surface area contributed by atoms with Crippen molar-refractivity contribution in [2.24, 2.45) is 11.8 Å². The summed E-state index contributed by atoms with van der Waals surface area (Å²) in [6, 6.07) is 7.49. The molecule has 1 aromatic rings. The van der Waals surface area contributed by atoms with Crippen LogP contribution in [0.15, 0.2) is 24.5 Å². The van der Waals surface area contributed by atoms with Crippen LogP contribution >= 0.6 is 0 Å². The fourth-order valence-electron chi connectivity index (χ4n) is 2.15. The summed E-state index contributed by atoms with van der Waals surface area (Å²) in [7, 11) is 0. The topological polar surface area (TPSA) is 108 Å². The van der Waals surface area contributed by atoms with E-state index in [0.717, 1.165) is 5.56 Å². The van der Waals surface area contributed by atoms with Gasteiger partial charge in [-0.25, -0.2) is 0 Å². The molecule has 2 rings (SSSR count). The first-order chi connectivity index (χ1) is 8.20. The van der Waals surface area contributed by atoms with Crippen LogP contribution in [0.4, 0.5) is 0 Å². The Morgan fingerprint density at radius 1 is 1.00 bits per heavy atom. The molecule has 0 radical (unpaired) electrons. The zero-order valence-corrected chi connectivity index (χ0v) is 8.88. The van der Waals surface area contributed by atoms with Gasteiger partial charge in [0, 0.05) is 18.3 Å². The number of aromatic nitrogens is 1. The molecule has 1 fully saturated rings. The Hall–Kier alpha value is -2.53. The maximum absolute atomic E-state index is 9.09. The molecule has 1 aliphatic carbocycles. The van der Waals surface area contributed by atoms with Crippen LogP contribution < -0.4 is 0 Å². The Morgan fingerprint density at radius 2 is 1.47 bits per heavy atom. The number of nitrogens with one attached hydrogen (secondary N) is 2. The predicted octanol–water partition coefficient (Wildman–Crippen LogP) is 1.50. The third-order valence-electron chi connectivity index (χ3n) is 3.00. The minimum atomic E-state index is -0.713. The van der Waals surface area contributed by atoms with Crippen molar-refractivity contribution >= 4 is 11.4 Å². The van der Waals surface area contributed by atoms with Gasteiger partial charge in [0.05, 0.1) is 35.4 Å². The van der Waals surface area contributed by atoms with Crippen molar-refractivity contribution in [2.75, 3.05) is 0 Å².